The van der Waals surface area contributed by atoms with Crippen LogP contribution in [0.3, 0.4) is 0 Å². The largest absolute Gasteiger partial charge is 0.366 e. The number of aryl methyl sites for hydroxylation is 1. The monoisotopic (exact) mass is 461 g/mol. The van der Waals surface area contributed by atoms with Crippen LogP contribution in [0.4, 0.5) is 23.3 Å². The first-order chi connectivity index (χ1) is 16.1. The molecule has 166 valence electrons. The second-order valence-corrected chi connectivity index (χ2v) is 8.11. The van der Waals surface area contributed by atoms with Gasteiger partial charge in [-0.2, -0.15) is 19.9 Å². The van der Waals surface area contributed by atoms with Crippen molar-refractivity contribution < 1.29 is 0 Å². The van der Waals surface area contributed by atoms with E-state index in [4.69, 9.17) is 16.9 Å². The van der Waals surface area contributed by atoms with Crippen molar-refractivity contribution in [2.75, 3.05) is 28.6 Å². The van der Waals surface area contributed by atoms with Gasteiger partial charge < -0.3 is 15.5 Å². The minimum Gasteiger partial charge on any atom is -0.366 e. The van der Waals surface area contributed by atoms with Gasteiger partial charge in [0.15, 0.2) is 17.3 Å². The number of fused-ring (bicyclic) bond motifs is 1. The minimum absolute atomic E-state index is 0.219. The average molecular weight is 462 g/mol. The Morgan fingerprint density at radius 2 is 1.97 bits per heavy atom. The van der Waals surface area contributed by atoms with E-state index < -0.39 is 0 Å². The Labute approximate surface area is 194 Å². The lowest BCUT2D eigenvalue weighted by Gasteiger charge is -2.33. The fourth-order valence-corrected chi connectivity index (χ4v) is 3.86. The number of rotatable bonds is 5. The van der Waals surface area contributed by atoms with E-state index in [-0.39, 0.29) is 6.04 Å². The van der Waals surface area contributed by atoms with Crippen LogP contribution in [0.15, 0.2) is 36.8 Å². The summed E-state index contributed by atoms with van der Waals surface area (Å²) in [5, 5.41) is 28.4. The molecule has 4 aromatic rings. The van der Waals surface area contributed by atoms with Gasteiger partial charge in [-0.25, -0.2) is 9.97 Å². The summed E-state index contributed by atoms with van der Waals surface area (Å²) in [6.45, 7) is 3.52. The van der Waals surface area contributed by atoms with E-state index in [1.54, 1.807) is 29.2 Å². The molecule has 0 saturated carbocycles. The molecule has 33 heavy (non-hydrogen) atoms. The first kappa shape index (κ1) is 20.8. The first-order valence-electron chi connectivity index (χ1n) is 10.4. The van der Waals surface area contributed by atoms with Crippen molar-refractivity contribution in [2.24, 2.45) is 0 Å². The van der Waals surface area contributed by atoms with Crippen molar-refractivity contribution in [3.8, 4) is 6.07 Å². The summed E-state index contributed by atoms with van der Waals surface area (Å²) in [6.07, 6.45) is 6.64. The third kappa shape index (κ3) is 4.47. The predicted molar refractivity (Wildman–Crippen MR) is 124 cm³/mol. The molecule has 0 radical (unpaired) electrons. The highest BCUT2D eigenvalue weighted by molar-refractivity contribution is 6.32. The number of hydrogen-bond acceptors (Lipinski definition) is 10. The van der Waals surface area contributed by atoms with Gasteiger partial charge in [0.05, 0.1) is 23.6 Å². The second kappa shape index (κ2) is 8.84. The molecule has 1 aliphatic rings. The average Bonchev–Trinajstić information content (AvgIpc) is 3.22. The number of nitrogens with zero attached hydrogens (tertiary/aromatic N) is 9. The first-order valence-corrected chi connectivity index (χ1v) is 10.8. The van der Waals surface area contributed by atoms with E-state index in [1.165, 1.54) is 0 Å². The number of nitrogens with one attached hydrogen (secondary N) is 2. The van der Waals surface area contributed by atoms with Crippen LogP contribution in [0.1, 0.15) is 24.2 Å². The fraction of sp³-hybridized carbons (Fsp3) is 0.286. The lowest BCUT2D eigenvalue weighted by Crippen LogP contribution is -2.39. The highest BCUT2D eigenvalue weighted by Crippen LogP contribution is 2.25. The molecule has 12 heteroatoms. The maximum absolute atomic E-state index is 8.93. The normalized spacial score (nSPS) is 14.3. The van der Waals surface area contributed by atoms with Gasteiger partial charge in [0.2, 0.25) is 5.95 Å². The number of nitriles is 1. The van der Waals surface area contributed by atoms with Crippen molar-refractivity contribution in [1.82, 2.24) is 34.8 Å². The van der Waals surface area contributed by atoms with Crippen molar-refractivity contribution in [1.29, 1.82) is 5.26 Å². The molecule has 0 bridgehead atoms. The number of piperidine rings is 1. The Bertz CT molecular complexity index is 1320. The third-order valence-corrected chi connectivity index (χ3v) is 5.73. The van der Waals surface area contributed by atoms with Crippen LogP contribution in [0.25, 0.3) is 5.65 Å². The topological polar surface area (TPSA) is 133 Å². The summed E-state index contributed by atoms with van der Waals surface area (Å²) in [4.78, 5) is 15.4. The summed E-state index contributed by atoms with van der Waals surface area (Å²) >= 11 is 6.36. The van der Waals surface area contributed by atoms with Gasteiger partial charge in [-0.3, -0.25) is 0 Å². The standard InChI is InChI=1S/C21H20ClN11/c1-13-30-31-19-8-16(11-26-33(13)19)28-21-25-12-17(22)20(29-21)27-15-4-6-32(7-5-15)18-3-2-14(9-23)10-24-18/h2-3,8,10-12,15H,4-7H2,1H3,(H2,25,27,28,29). The molecule has 0 spiro atoms. The quantitative estimate of drug-likeness (QED) is 0.456. The predicted octanol–water partition coefficient (Wildman–Crippen LogP) is 2.97. The zero-order valence-corrected chi connectivity index (χ0v) is 18.5. The Morgan fingerprint density at radius 3 is 2.73 bits per heavy atom. The van der Waals surface area contributed by atoms with E-state index >= 15 is 0 Å². The van der Waals surface area contributed by atoms with Crippen molar-refractivity contribution >= 4 is 40.5 Å². The molecule has 4 aromatic heterocycles. The molecular weight excluding hydrogens is 442 g/mol. The highest BCUT2D eigenvalue weighted by atomic mass is 35.5. The van der Waals surface area contributed by atoms with Gasteiger partial charge in [0.1, 0.15) is 16.9 Å². The minimum atomic E-state index is 0.219. The Kier molecular flexibility index (Phi) is 5.58. The van der Waals surface area contributed by atoms with Gasteiger partial charge in [-0.1, -0.05) is 11.6 Å². The number of anilines is 4. The van der Waals surface area contributed by atoms with Crippen LogP contribution in [-0.2, 0) is 0 Å². The summed E-state index contributed by atoms with van der Waals surface area (Å²) in [6, 6.07) is 7.82. The van der Waals surface area contributed by atoms with Crippen molar-refractivity contribution in [3.63, 3.8) is 0 Å². The summed E-state index contributed by atoms with van der Waals surface area (Å²) in [5.74, 6) is 2.58. The number of hydrogen-bond donors (Lipinski definition) is 2. The van der Waals surface area contributed by atoms with Gasteiger partial charge in [0.25, 0.3) is 0 Å². The molecule has 1 aliphatic heterocycles. The molecule has 0 aliphatic carbocycles. The van der Waals surface area contributed by atoms with Crippen LogP contribution >= 0.6 is 11.6 Å². The van der Waals surface area contributed by atoms with Gasteiger partial charge >= 0.3 is 0 Å². The molecule has 0 unspecified atom stereocenters. The van der Waals surface area contributed by atoms with E-state index in [9.17, 15) is 0 Å². The van der Waals surface area contributed by atoms with Crippen molar-refractivity contribution in [3.05, 3.63) is 53.2 Å². The molecule has 2 N–H and O–H groups in total. The van der Waals surface area contributed by atoms with Crippen LogP contribution in [0.5, 0.6) is 0 Å². The van der Waals surface area contributed by atoms with Gasteiger partial charge in [-0.15, -0.1) is 10.2 Å². The van der Waals surface area contributed by atoms with Gasteiger partial charge in [0, 0.05) is 31.4 Å². The van der Waals surface area contributed by atoms with E-state index in [0.717, 1.165) is 31.7 Å². The maximum Gasteiger partial charge on any atom is 0.229 e. The smallest absolute Gasteiger partial charge is 0.229 e. The van der Waals surface area contributed by atoms with Crippen LogP contribution in [0, 0.1) is 18.3 Å². The number of aromatic nitrogens is 7. The van der Waals surface area contributed by atoms with Crippen molar-refractivity contribution in [2.45, 2.75) is 25.8 Å². The Balaban J connectivity index is 1.23. The molecule has 0 aromatic carbocycles. The molecule has 1 saturated heterocycles. The zero-order valence-electron chi connectivity index (χ0n) is 17.8. The maximum atomic E-state index is 8.93. The lowest BCUT2D eigenvalue weighted by atomic mass is 10.0. The van der Waals surface area contributed by atoms with Crippen LogP contribution in [-0.4, -0.2) is 53.9 Å². The summed E-state index contributed by atoms with van der Waals surface area (Å²) < 4.78 is 1.65. The zero-order chi connectivity index (χ0) is 22.8. The van der Waals surface area contributed by atoms with Crippen LogP contribution < -0.4 is 15.5 Å². The molecule has 1 fully saturated rings. The molecule has 11 nitrogen and oxygen atoms in total. The molecular formula is C21H20ClN11. The lowest BCUT2D eigenvalue weighted by molar-refractivity contribution is 0.522. The molecule has 5 rings (SSSR count). The SMILES string of the molecule is Cc1nnc2cc(Nc3ncc(Cl)c(NC4CCN(c5ccc(C#N)cn5)CC4)n3)cnn12. The van der Waals surface area contributed by atoms with E-state index in [2.05, 4.69) is 51.9 Å². The molecule has 0 atom stereocenters. The Morgan fingerprint density at radius 1 is 1.12 bits per heavy atom. The molecule has 5 heterocycles. The van der Waals surface area contributed by atoms with E-state index in [0.29, 0.717) is 39.5 Å². The number of pyridine rings is 1. The van der Waals surface area contributed by atoms with Gasteiger partial charge in [-0.05, 0) is 31.9 Å². The summed E-state index contributed by atoms with van der Waals surface area (Å²) in [5.41, 5.74) is 1.89. The van der Waals surface area contributed by atoms with E-state index in [1.807, 2.05) is 19.1 Å². The highest BCUT2D eigenvalue weighted by Gasteiger charge is 2.21. The fourth-order valence-electron chi connectivity index (χ4n) is 3.71. The number of halogens is 1. The molecule has 0 amide bonds. The second-order valence-electron chi connectivity index (χ2n) is 7.70. The Hall–Kier alpha value is -4.04. The third-order valence-electron chi connectivity index (χ3n) is 5.45. The summed E-state index contributed by atoms with van der Waals surface area (Å²) in [7, 11) is 0. The van der Waals surface area contributed by atoms with Crippen LogP contribution in [0.2, 0.25) is 5.02 Å².